The standard InChI is InChI=1S/C12H24N2/c1-10(2)14-6-4-11(5-7-14)12-8-13(3)9-12/h10-12H,4-9H2,1-3H3. The maximum atomic E-state index is 2.62. The summed E-state index contributed by atoms with van der Waals surface area (Å²) in [6.07, 6.45) is 2.88. The quantitative estimate of drug-likeness (QED) is 0.663. The molecule has 2 heterocycles. The van der Waals surface area contributed by atoms with Gasteiger partial charge in [0.15, 0.2) is 0 Å². The first-order valence-corrected chi connectivity index (χ1v) is 6.09. The third-order valence-electron chi connectivity index (χ3n) is 4.06. The van der Waals surface area contributed by atoms with Crippen molar-refractivity contribution in [2.24, 2.45) is 11.8 Å². The molecule has 0 aromatic carbocycles. The van der Waals surface area contributed by atoms with Crippen LogP contribution >= 0.6 is 0 Å². The number of piperidine rings is 1. The zero-order valence-corrected chi connectivity index (χ0v) is 9.87. The fourth-order valence-corrected chi connectivity index (χ4v) is 2.95. The lowest BCUT2D eigenvalue weighted by molar-refractivity contribution is 0.0390. The lowest BCUT2D eigenvalue weighted by Gasteiger charge is -2.45. The van der Waals surface area contributed by atoms with E-state index in [-0.39, 0.29) is 0 Å². The van der Waals surface area contributed by atoms with Gasteiger partial charge >= 0.3 is 0 Å². The van der Waals surface area contributed by atoms with E-state index in [0.717, 1.165) is 17.9 Å². The second-order valence-corrected chi connectivity index (χ2v) is 5.45. The largest absolute Gasteiger partial charge is 0.306 e. The highest BCUT2D eigenvalue weighted by molar-refractivity contribution is 4.86. The Morgan fingerprint density at radius 3 is 2.00 bits per heavy atom. The molecule has 0 aromatic rings. The molecule has 2 aliphatic heterocycles. The highest BCUT2D eigenvalue weighted by Crippen LogP contribution is 2.31. The van der Waals surface area contributed by atoms with E-state index >= 15 is 0 Å². The fraction of sp³-hybridized carbons (Fsp3) is 1.00. The van der Waals surface area contributed by atoms with E-state index < -0.39 is 0 Å². The van der Waals surface area contributed by atoms with E-state index in [0.29, 0.717) is 0 Å². The van der Waals surface area contributed by atoms with Crippen LogP contribution in [-0.4, -0.2) is 49.1 Å². The minimum atomic E-state index is 0.750. The summed E-state index contributed by atoms with van der Waals surface area (Å²) in [5.41, 5.74) is 0. The molecule has 2 fully saturated rings. The summed E-state index contributed by atoms with van der Waals surface area (Å²) in [6, 6.07) is 0.750. The molecule has 0 bridgehead atoms. The Morgan fingerprint density at radius 2 is 1.57 bits per heavy atom. The van der Waals surface area contributed by atoms with Gasteiger partial charge < -0.3 is 9.80 Å². The molecule has 0 N–H and O–H groups in total. The molecule has 0 saturated carbocycles. The topological polar surface area (TPSA) is 6.48 Å². The van der Waals surface area contributed by atoms with Gasteiger partial charge in [-0.1, -0.05) is 0 Å². The molecule has 0 spiro atoms. The molecule has 2 saturated heterocycles. The molecule has 0 unspecified atom stereocenters. The van der Waals surface area contributed by atoms with Gasteiger partial charge in [-0.15, -0.1) is 0 Å². The summed E-state index contributed by atoms with van der Waals surface area (Å²) in [4.78, 5) is 5.07. The molecule has 0 atom stereocenters. The number of rotatable bonds is 2. The van der Waals surface area contributed by atoms with E-state index in [1.807, 2.05) is 0 Å². The van der Waals surface area contributed by atoms with Crippen molar-refractivity contribution in [1.82, 2.24) is 9.80 Å². The molecular formula is C12H24N2. The minimum Gasteiger partial charge on any atom is -0.306 e. The predicted octanol–water partition coefficient (Wildman–Crippen LogP) is 1.67. The minimum absolute atomic E-state index is 0.750. The van der Waals surface area contributed by atoms with Crippen molar-refractivity contribution in [3.05, 3.63) is 0 Å². The molecule has 0 aromatic heterocycles. The maximum Gasteiger partial charge on any atom is 0.00385 e. The van der Waals surface area contributed by atoms with Gasteiger partial charge in [-0.05, 0) is 58.7 Å². The van der Waals surface area contributed by atoms with E-state index in [9.17, 15) is 0 Å². The molecule has 2 aliphatic rings. The summed E-state index contributed by atoms with van der Waals surface area (Å²) in [6.45, 7) is 10.0. The molecule has 82 valence electrons. The summed E-state index contributed by atoms with van der Waals surface area (Å²) >= 11 is 0. The van der Waals surface area contributed by atoms with Crippen molar-refractivity contribution < 1.29 is 0 Å². The first kappa shape index (κ1) is 10.4. The summed E-state index contributed by atoms with van der Waals surface area (Å²) in [5.74, 6) is 2.05. The average Bonchev–Trinajstić information content (AvgIpc) is 2.13. The smallest absolute Gasteiger partial charge is 0.00385 e. The van der Waals surface area contributed by atoms with Crippen molar-refractivity contribution in [1.29, 1.82) is 0 Å². The number of likely N-dealkylation sites (tertiary alicyclic amines) is 2. The number of hydrogen-bond donors (Lipinski definition) is 0. The summed E-state index contributed by atoms with van der Waals surface area (Å²) in [7, 11) is 2.24. The molecule has 0 radical (unpaired) electrons. The van der Waals surface area contributed by atoms with E-state index in [1.165, 1.54) is 39.0 Å². The van der Waals surface area contributed by atoms with Crippen LogP contribution in [-0.2, 0) is 0 Å². The average molecular weight is 196 g/mol. The van der Waals surface area contributed by atoms with Crippen LogP contribution in [0.3, 0.4) is 0 Å². The Hall–Kier alpha value is -0.0800. The molecule has 0 aliphatic carbocycles. The fourth-order valence-electron chi connectivity index (χ4n) is 2.95. The Bertz CT molecular complexity index is 177. The first-order chi connectivity index (χ1) is 6.66. The predicted molar refractivity (Wildman–Crippen MR) is 60.4 cm³/mol. The Kier molecular flexibility index (Phi) is 3.13. The molecule has 2 rings (SSSR count). The van der Waals surface area contributed by atoms with E-state index in [1.54, 1.807) is 0 Å². The SMILES string of the molecule is CC(C)N1CCC(C2CN(C)C2)CC1. The molecule has 2 nitrogen and oxygen atoms in total. The highest BCUT2D eigenvalue weighted by Gasteiger charge is 2.33. The number of hydrogen-bond acceptors (Lipinski definition) is 2. The summed E-state index contributed by atoms with van der Waals surface area (Å²) in [5, 5.41) is 0. The third-order valence-corrected chi connectivity index (χ3v) is 4.06. The zero-order chi connectivity index (χ0) is 10.1. The van der Waals surface area contributed by atoms with Crippen LogP contribution in [0.25, 0.3) is 0 Å². The highest BCUT2D eigenvalue weighted by atomic mass is 15.2. The van der Waals surface area contributed by atoms with Crippen LogP contribution in [0.2, 0.25) is 0 Å². The third kappa shape index (κ3) is 2.12. The Balaban J connectivity index is 1.73. The van der Waals surface area contributed by atoms with E-state index in [4.69, 9.17) is 0 Å². The lowest BCUT2D eigenvalue weighted by atomic mass is 9.80. The molecule has 14 heavy (non-hydrogen) atoms. The van der Waals surface area contributed by atoms with Crippen LogP contribution in [0.15, 0.2) is 0 Å². The first-order valence-electron chi connectivity index (χ1n) is 6.09. The van der Waals surface area contributed by atoms with Crippen LogP contribution in [0, 0.1) is 11.8 Å². The second-order valence-electron chi connectivity index (χ2n) is 5.45. The van der Waals surface area contributed by atoms with Crippen LogP contribution in [0.5, 0.6) is 0 Å². The molecular weight excluding hydrogens is 172 g/mol. The van der Waals surface area contributed by atoms with Gasteiger partial charge in [0.05, 0.1) is 0 Å². The van der Waals surface area contributed by atoms with Gasteiger partial charge in [-0.25, -0.2) is 0 Å². The van der Waals surface area contributed by atoms with Crippen molar-refractivity contribution >= 4 is 0 Å². The van der Waals surface area contributed by atoms with Crippen molar-refractivity contribution in [2.45, 2.75) is 32.7 Å². The molecule has 2 heteroatoms. The van der Waals surface area contributed by atoms with Gasteiger partial charge in [0.25, 0.3) is 0 Å². The van der Waals surface area contributed by atoms with Gasteiger partial charge in [-0.3, -0.25) is 0 Å². The van der Waals surface area contributed by atoms with Crippen LogP contribution in [0.1, 0.15) is 26.7 Å². The summed E-state index contributed by atoms with van der Waals surface area (Å²) < 4.78 is 0. The van der Waals surface area contributed by atoms with Gasteiger partial charge in [0, 0.05) is 19.1 Å². The van der Waals surface area contributed by atoms with Crippen LogP contribution < -0.4 is 0 Å². The monoisotopic (exact) mass is 196 g/mol. The van der Waals surface area contributed by atoms with Crippen LogP contribution in [0.4, 0.5) is 0 Å². The zero-order valence-electron chi connectivity index (χ0n) is 9.87. The van der Waals surface area contributed by atoms with Crippen molar-refractivity contribution in [2.75, 3.05) is 33.2 Å². The lowest BCUT2D eigenvalue weighted by Crippen LogP contribution is -2.50. The van der Waals surface area contributed by atoms with Gasteiger partial charge in [0.1, 0.15) is 0 Å². The second kappa shape index (κ2) is 4.19. The van der Waals surface area contributed by atoms with Crippen molar-refractivity contribution in [3.8, 4) is 0 Å². The van der Waals surface area contributed by atoms with Crippen molar-refractivity contribution in [3.63, 3.8) is 0 Å². The van der Waals surface area contributed by atoms with Gasteiger partial charge in [0.2, 0.25) is 0 Å². The maximum absolute atomic E-state index is 2.62. The number of nitrogens with zero attached hydrogens (tertiary/aromatic N) is 2. The Labute approximate surface area is 88.3 Å². The normalized spacial score (nSPS) is 28.3. The molecule has 0 amide bonds. The van der Waals surface area contributed by atoms with E-state index in [2.05, 4.69) is 30.7 Å². The Morgan fingerprint density at radius 1 is 1.00 bits per heavy atom. The van der Waals surface area contributed by atoms with Gasteiger partial charge in [-0.2, -0.15) is 0 Å².